The van der Waals surface area contributed by atoms with Gasteiger partial charge in [-0.1, -0.05) is 6.92 Å². The maximum absolute atomic E-state index is 12.7. The number of amides is 1. The largest absolute Gasteiger partial charge is 0.479 e. The Bertz CT molecular complexity index is 1710. The van der Waals surface area contributed by atoms with Gasteiger partial charge in [-0.25, -0.2) is 19.2 Å². The highest BCUT2D eigenvalue weighted by atomic mass is 16.7. The van der Waals surface area contributed by atoms with Crippen molar-refractivity contribution in [2.24, 2.45) is 0 Å². The lowest BCUT2D eigenvalue weighted by Gasteiger charge is -2.39. The number of nitrogens with zero attached hydrogens (tertiary/aromatic N) is 2. The topological polar surface area (TPSA) is 144 Å². The molecule has 0 aliphatic carbocycles. The molecule has 0 radical (unpaired) electrons. The van der Waals surface area contributed by atoms with Crippen molar-refractivity contribution in [2.45, 2.75) is 45.3 Å². The van der Waals surface area contributed by atoms with Crippen molar-refractivity contribution < 1.29 is 43.2 Å². The van der Waals surface area contributed by atoms with E-state index in [1.54, 1.807) is 56.7 Å². The molecular weight excluding hydrogens is 558 g/mol. The van der Waals surface area contributed by atoms with Crippen molar-refractivity contribution in [1.82, 2.24) is 10.2 Å². The molecule has 222 valence electrons. The Kier molecular flexibility index (Phi) is 6.60. The smallest absolute Gasteiger partial charge is 0.407 e. The first-order valence-corrected chi connectivity index (χ1v) is 13.8. The Morgan fingerprint density at radius 2 is 1.86 bits per heavy atom. The third kappa shape index (κ3) is 4.36. The van der Waals surface area contributed by atoms with Crippen LogP contribution in [-0.2, 0) is 23.9 Å². The fourth-order valence-corrected chi connectivity index (χ4v) is 6.02. The van der Waals surface area contributed by atoms with E-state index in [2.05, 4.69) is 11.3 Å². The van der Waals surface area contributed by atoms with Crippen LogP contribution in [-0.4, -0.2) is 78.2 Å². The summed E-state index contributed by atoms with van der Waals surface area (Å²) >= 11 is 0. The zero-order chi connectivity index (χ0) is 30.7. The fraction of sp³-hybridized carbons (Fsp3) is 0.387. The number of nitrogens with one attached hydrogen (secondary N) is 1. The summed E-state index contributed by atoms with van der Waals surface area (Å²) in [5.41, 5.74) is 1.26. The van der Waals surface area contributed by atoms with Gasteiger partial charge in [0, 0.05) is 47.1 Å². The lowest BCUT2D eigenvalue weighted by atomic mass is 9.79. The van der Waals surface area contributed by atoms with Crippen LogP contribution in [0.2, 0.25) is 0 Å². The Balaban J connectivity index is 1.48. The van der Waals surface area contributed by atoms with Gasteiger partial charge in [0.2, 0.25) is 12.6 Å². The number of fused-ring (bicyclic) bond motifs is 4. The van der Waals surface area contributed by atoms with Gasteiger partial charge in [0.25, 0.3) is 0 Å². The molecule has 0 spiro atoms. The molecule has 0 aromatic heterocycles. The number of aliphatic hydroxyl groups is 1. The van der Waals surface area contributed by atoms with Crippen molar-refractivity contribution in [3.8, 4) is 11.5 Å². The highest BCUT2D eigenvalue weighted by Gasteiger charge is 2.49. The lowest BCUT2D eigenvalue weighted by molar-refractivity contribution is 0.0311. The summed E-state index contributed by atoms with van der Waals surface area (Å²) < 4.78 is 22.1. The Labute approximate surface area is 246 Å². The van der Waals surface area contributed by atoms with Gasteiger partial charge in [-0.05, 0) is 39.3 Å². The summed E-state index contributed by atoms with van der Waals surface area (Å²) in [6, 6.07) is 3.47. The molecule has 6 rings (SSSR count). The second kappa shape index (κ2) is 10.1. The fourth-order valence-electron chi connectivity index (χ4n) is 6.02. The molecule has 5 aliphatic rings. The van der Waals surface area contributed by atoms with E-state index >= 15 is 0 Å². The van der Waals surface area contributed by atoms with E-state index in [1.807, 2.05) is 10.8 Å². The molecule has 12 nitrogen and oxygen atoms in total. The van der Waals surface area contributed by atoms with Crippen molar-refractivity contribution in [3.05, 3.63) is 63.3 Å². The monoisotopic (exact) mass is 587 g/mol. The van der Waals surface area contributed by atoms with Crippen LogP contribution in [0.4, 0.5) is 10.5 Å². The maximum Gasteiger partial charge on any atom is 0.407 e. The van der Waals surface area contributed by atoms with Crippen molar-refractivity contribution in [1.29, 1.82) is 0 Å². The summed E-state index contributed by atoms with van der Waals surface area (Å²) in [6.45, 7) is 7.49. The van der Waals surface area contributed by atoms with E-state index in [0.717, 1.165) is 0 Å². The number of rotatable bonds is 4. The number of carbonyl (C=O) groups is 1. The molecule has 0 fully saturated rings. The SMILES string of the molecule is CC[C@@]1(O)C(=C=O)OCC2=C1C=C1C3=C(CN1C2=C=O)N(CCNC(=O)OC(C)(C)C)c1cc2c(cc1C3=C=O)OCO2. The molecule has 1 atom stereocenters. The van der Waals surface area contributed by atoms with Crippen molar-refractivity contribution in [3.63, 3.8) is 0 Å². The quantitative estimate of drug-likeness (QED) is 0.501. The summed E-state index contributed by atoms with van der Waals surface area (Å²) in [4.78, 5) is 52.9. The predicted octanol–water partition coefficient (Wildman–Crippen LogP) is 2.34. The predicted molar refractivity (Wildman–Crippen MR) is 152 cm³/mol. The average molecular weight is 588 g/mol. The van der Waals surface area contributed by atoms with Gasteiger partial charge in [-0.2, -0.15) is 0 Å². The lowest BCUT2D eigenvalue weighted by Crippen LogP contribution is -2.43. The molecule has 1 aromatic rings. The standard InChI is InChI=1S/C31H29N3O9/c1-5-31(39)20-9-22-28-18(12-35)17-8-25-26(42-16-41-25)10-21(17)33(7-6-32-29(38)43-30(2,3)4)23(28)11-34(22)24(13-36)19(20)15-40-27(31)14-37/h8-10,39H,5-7,11,15-16H2,1-4H3,(H,32,38)/t31-/m0/s1. The van der Waals surface area contributed by atoms with E-state index in [4.69, 9.17) is 18.9 Å². The highest BCUT2D eigenvalue weighted by molar-refractivity contribution is 6.07. The molecule has 5 aliphatic heterocycles. The summed E-state index contributed by atoms with van der Waals surface area (Å²) in [5, 5.41) is 14.3. The van der Waals surface area contributed by atoms with Crippen molar-refractivity contribution in [2.75, 3.05) is 37.9 Å². The van der Waals surface area contributed by atoms with Crippen LogP contribution in [0.25, 0.3) is 5.57 Å². The van der Waals surface area contributed by atoms with E-state index in [-0.39, 0.29) is 56.5 Å². The van der Waals surface area contributed by atoms with Crippen LogP contribution in [0.3, 0.4) is 0 Å². The second-order valence-electron chi connectivity index (χ2n) is 11.5. The summed E-state index contributed by atoms with van der Waals surface area (Å²) in [5.74, 6) is 6.44. The minimum atomic E-state index is -1.83. The summed E-state index contributed by atoms with van der Waals surface area (Å²) in [7, 11) is 0. The minimum Gasteiger partial charge on any atom is -0.479 e. The first kappa shape index (κ1) is 28.2. The number of carbonyl (C=O) groups excluding carboxylic acids is 4. The summed E-state index contributed by atoms with van der Waals surface area (Å²) in [6.07, 6.45) is 1.17. The van der Waals surface area contributed by atoms with Crippen LogP contribution >= 0.6 is 0 Å². The zero-order valence-corrected chi connectivity index (χ0v) is 24.1. The number of alkyl carbamates (subject to hydrolysis) is 1. The number of hydrogen-bond acceptors (Lipinski definition) is 11. The number of anilines is 1. The Hall–Kier alpha value is -4.98. The number of allylic oxidation sites excluding steroid dienone is 1. The van der Waals surface area contributed by atoms with E-state index in [0.29, 0.717) is 50.9 Å². The van der Waals surface area contributed by atoms with Crippen LogP contribution in [0, 0.1) is 0 Å². The molecule has 2 N–H and O–H groups in total. The van der Waals surface area contributed by atoms with Gasteiger partial charge < -0.3 is 39.2 Å². The van der Waals surface area contributed by atoms with Gasteiger partial charge >= 0.3 is 6.09 Å². The van der Waals surface area contributed by atoms with Crippen LogP contribution < -0.4 is 19.7 Å². The third-order valence-corrected chi connectivity index (χ3v) is 7.92. The van der Waals surface area contributed by atoms with E-state index in [1.165, 1.54) is 0 Å². The van der Waals surface area contributed by atoms with Gasteiger partial charge in [0.05, 0.1) is 23.5 Å². The second-order valence-corrected chi connectivity index (χ2v) is 11.5. The Morgan fingerprint density at radius 3 is 2.51 bits per heavy atom. The number of ether oxygens (including phenoxy) is 4. The molecule has 1 aromatic carbocycles. The first-order valence-electron chi connectivity index (χ1n) is 13.8. The number of hydrogen-bond donors (Lipinski definition) is 2. The van der Waals surface area contributed by atoms with Gasteiger partial charge in [0.15, 0.2) is 29.0 Å². The van der Waals surface area contributed by atoms with Gasteiger partial charge in [-0.3, -0.25) is 0 Å². The normalized spacial score (nSPS) is 21.6. The van der Waals surface area contributed by atoms with E-state index < -0.39 is 17.3 Å². The Morgan fingerprint density at radius 1 is 1.12 bits per heavy atom. The number of benzene rings is 1. The van der Waals surface area contributed by atoms with Crippen LogP contribution in [0.5, 0.6) is 11.5 Å². The average Bonchev–Trinajstić information content (AvgIpc) is 3.58. The molecule has 0 bridgehead atoms. The molecule has 0 saturated heterocycles. The minimum absolute atomic E-state index is 0.0271. The molecular formula is C31H29N3O9. The van der Waals surface area contributed by atoms with E-state index in [9.17, 15) is 24.3 Å². The highest BCUT2D eigenvalue weighted by Crippen LogP contribution is 2.54. The molecule has 1 amide bonds. The van der Waals surface area contributed by atoms with Crippen LogP contribution in [0.1, 0.15) is 39.7 Å². The van der Waals surface area contributed by atoms with Gasteiger partial charge in [-0.15, -0.1) is 0 Å². The first-order chi connectivity index (χ1) is 20.5. The maximum atomic E-state index is 12.7. The van der Waals surface area contributed by atoms with Gasteiger partial charge in [0.1, 0.15) is 23.8 Å². The molecule has 5 heterocycles. The molecule has 12 heteroatoms. The van der Waals surface area contributed by atoms with Crippen molar-refractivity contribution >= 4 is 35.2 Å². The molecule has 43 heavy (non-hydrogen) atoms. The zero-order valence-electron chi connectivity index (χ0n) is 24.1. The molecule has 0 unspecified atom stereocenters. The third-order valence-electron chi connectivity index (χ3n) is 7.92. The molecule has 0 saturated carbocycles. The van der Waals surface area contributed by atoms with Crippen LogP contribution in [0.15, 0.2) is 57.8 Å².